The van der Waals surface area contributed by atoms with Gasteiger partial charge in [-0.25, -0.2) is 0 Å². The summed E-state index contributed by atoms with van der Waals surface area (Å²) in [6, 6.07) is 76.7. The van der Waals surface area contributed by atoms with Gasteiger partial charge in [0.2, 0.25) is 0 Å². The van der Waals surface area contributed by atoms with Gasteiger partial charge in [-0.3, -0.25) is 0 Å². The van der Waals surface area contributed by atoms with E-state index in [1.165, 1.54) is 71.1 Å². The molecule has 0 atom stereocenters. The van der Waals surface area contributed by atoms with E-state index in [0.29, 0.717) is 0 Å². The highest BCUT2D eigenvalue weighted by atomic mass is 16.3. The maximum atomic E-state index is 6.25. The molecule has 0 N–H and O–H groups in total. The molecule has 1 aromatic heterocycles. The van der Waals surface area contributed by atoms with Gasteiger partial charge >= 0.3 is 0 Å². The number of furan rings is 1. The number of para-hydroxylation sites is 2. The van der Waals surface area contributed by atoms with Crippen LogP contribution in [0.4, 0.5) is 17.1 Å². The second-order valence-corrected chi connectivity index (χ2v) is 14.5. The first kappa shape index (κ1) is 32.0. The predicted molar refractivity (Wildman–Crippen MR) is 237 cm³/mol. The molecule has 0 spiro atoms. The van der Waals surface area contributed by atoms with Gasteiger partial charge < -0.3 is 9.32 Å². The van der Waals surface area contributed by atoms with Gasteiger partial charge in [0, 0.05) is 27.7 Å². The lowest BCUT2D eigenvalue weighted by Crippen LogP contribution is -2.11. The molecule has 0 aliphatic rings. The molecule has 0 aliphatic carbocycles. The molecule has 0 aliphatic heterocycles. The summed E-state index contributed by atoms with van der Waals surface area (Å²) in [6.45, 7) is 0. The van der Waals surface area contributed by atoms with Crippen LogP contribution in [0, 0.1) is 0 Å². The molecule has 11 rings (SSSR count). The van der Waals surface area contributed by atoms with E-state index in [1.807, 2.05) is 12.1 Å². The second-order valence-electron chi connectivity index (χ2n) is 14.5. The minimum Gasteiger partial charge on any atom is -0.456 e. The van der Waals surface area contributed by atoms with E-state index in [-0.39, 0.29) is 0 Å². The van der Waals surface area contributed by atoms with Crippen LogP contribution in [0.3, 0.4) is 0 Å². The summed E-state index contributed by atoms with van der Waals surface area (Å²) < 4.78 is 6.25. The summed E-state index contributed by atoms with van der Waals surface area (Å²) in [4.78, 5) is 2.43. The number of nitrogens with zero attached hydrogens (tertiary/aromatic N) is 1. The Morgan fingerprint density at radius 1 is 0.304 bits per heavy atom. The zero-order valence-corrected chi connectivity index (χ0v) is 30.6. The number of fused-ring (bicyclic) bond motifs is 7. The van der Waals surface area contributed by atoms with Crippen molar-refractivity contribution in [1.82, 2.24) is 0 Å². The third-order valence-corrected chi connectivity index (χ3v) is 11.2. The first-order chi connectivity index (χ1) is 27.8. The molecule has 0 amide bonds. The first-order valence-electron chi connectivity index (χ1n) is 19.2. The highest BCUT2D eigenvalue weighted by molar-refractivity contribution is 6.19. The molecule has 11 aromatic rings. The number of rotatable bonds is 6. The molecule has 56 heavy (non-hydrogen) atoms. The monoisotopic (exact) mass is 713 g/mol. The minimum atomic E-state index is 0.915. The molecule has 10 aromatic carbocycles. The standard InChI is InChI=1S/C54H35NO/c1-2-13-36(14-3-1)37-25-29-42(30-26-37)55(51-23-10-8-20-48(51)47-22-12-17-38-15-4-6-18-44(38)47)43-34-39-16-5-7-19-45(39)50(35-43)41-27-31-46-40(33-41)28-32-53-54(46)49-21-9-11-24-52(49)56-53/h1-35H. The van der Waals surface area contributed by atoms with Crippen LogP contribution in [0.1, 0.15) is 0 Å². The van der Waals surface area contributed by atoms with Gasteiger partial charge in [0.1, 0.15) is 11.2 Å². The molecule has 0 unspecified atom stereocenters. The van der Waals surface area contributed by atoms with Crippen LogP contribution in [-0.4, -0.2) is 0 Å². The van der Waals surface area contributed by atoms with Crippen molar-refractivity contribution in [3.05, 3.63) is 212 Å². The second kappa shape index (κ2) is 13.2. The van der Waals surface area contributed by atoms with Gasteiger partial charge in [0.15, 0.2) is 0 Å². The van der Waals surface area contributed by atoms with Gasteiger partial charge in [-0.05, 0) is 109 Å². The van der Waals surface area contributed by atoms with Crippen molar-refractivity contribution >= 4 is 71.3 Å². The molecule has 2 heteroatoms. The lowest BCUT2D eigenvalue weighted by Gasteiger charge is -2.29. The molecule has 2 nitrogen and oxygen atoms in total. The van der Waals surface area contributed by atoms with Gasteiger partial charge in [-0.1, -0.05) is 164 Å². The molecule has 0 radical (unpaired) electrons. The van der Waals surface area contributed by atoms with Gasteiger partial charge in [-0.2, -0.15) is 0 Å². The highest BCUT2D eigenvalue weighted by Gasteiger charge is 2.21. The quantitative estimate of drug-likeness (QED) is 0.171. The van der Waals surface area contributed by atoms with E-state index in [4.69, 9.17) is 4.42 Å². The Labute approximate surface area is 325 Å². The lowest BCUT2D eigenvalue weighted by atomic mass is 9.93. The summed E-state index contributed by atoms with van der Waals surface area (Å²) >= 11 is 0. The zero-order chi connectivity index (χ0) is 37.0. The Bertz CT molecular complexity index is 3240. The molecule has 0 fully saturated rings. The SMILES string of the molecule is c1ccc(-c2ccc(N(c3cc(-c4ccc5c(ccc6oc7ccccc7c65)c4)c4ccccc4c3)c3ccccc3-c3cccc4ccccc34)cc2)cc1. The van der Waals surface area contributed by atoms with Crippen LogP contribution in [0.5, 0.6) is 0 Å². The van der Waals surface area contributed by atoms with Crippen LogP contribution in [-0.2, 0) is 0 Å². The molecule has 0 saturated heterocycles. The van der Waals surface area contributed by atoms with Crippen molar-refractivity contribution in [1.29, 1.82) is 0 Å². The van der Waals surface area contributed by atoms with Crippen LogP contribution in [0.25, 0.3) is 87.6 Å². The zero-order valence-electron chi connectivity index (χ0n) is 30.6. The van der Waals surface area contributed by atoms with Crippen LogP contribution >= 0.6 is 0 Å². The number of benzene rings is 10. The Hall–Kier alpha value is -7.42. The van der Waals surface area contributed by atoms with Crippen LogP contribution in [0.15, 0.2) is 217 Å². The Morgan fingerprint density at radius 3 is 1.79 bits per heavy atom. The van der Waals surface area contributed by atoms with Gasteiger partial charge in [0.25, 0.3) is 0 Å². The van der Waals surface area contributed by atoms with Crippen LogP contribution < -0.4 is 4.90 Å². The van der Waals surface area contributed by atoms with Gasteiger partial charge in [0.05, 0.1) is 5.69 Å². The molecule has 262 valence electrons. The lowest BCUT2D eigenvalue weighted by molar-refractivity contribution is 0.669. The normalized spacial score (nSPS) is 11.6. The number of anilines is 3. The van der Waals surface area contributed by atoms with Gasteiger partial charge in [-0.15, -0.1) is 0 Å². The summed E-state index contributed by atoms with van der Waals surface area (Å²) in [5, 5.41) is 9.55. The molecular formula is C54H35NO. The fraction of sp³-hybridized carbons (Fsp3) is 0. The number of hydrogen-bond acceptors (Lipinski definition) is 2. The smallest absolute Gasteiger partial charge is 0.136 e. The van der Waals surface area contributed by atoms with Crippen molar-refractivity contribution in [2.75, 3.05) is 4.90 Å². The Kier molecular flexibility index (Phi) is 7.53. The summed E-state index contributed by atoms with van der Waals surface area (Å²) in [5.74, 6) is 0. The van der Waals surface area contributed by atoms with E-state index >= 15 is 0 Å². The molecular weight excluding hydrogens is 679 g/mol. The van der Waals surface area contributed by atoms with Crippen molar-refractivity contribution in [2.24, 2.45) is 0 Å². The maximum Gasteiger partial charge on any atom is 0.136 e. The summed E-state index contributed by atoms with van der Waals surface area (Å²) in [5.41, 5.74) is 12.3. The van der Waals surface area contributed by atoms with Crippen LogP contribution in [0.2, 0.25) is 0 Å². The van der Waals surface area contributed by atoms with Crippen molar-refractivity contribution in [3.8, 4) is 33.4 Å². The van der Waals surface area contributed by atoms with E-state index in [1.54, 1.807) is 0 Å². The van der Waals surface area contributed by atoms with E-state index in [9.17, 15) is 0 Å². The molecule has 0 saturated carbocycles. The highest BCUT2D eigenvalue weighted by Crippen LogP contribution is 2.46. The van der Waals surface area contributed by atoms with Crippen molar-refractivity contribution in [3.63, 3.8) is 0 Å². The minimum absolute atomic E-state index is 0.915. The average Bonchev–Trinajstić information content (AvgIpc) is 3.66. The van der Waals surface area contributed by atoms with Crippen molar-refractivity contribution in [2.45, 2.75) is 0 Å². The van der Waals surface area contributed by atoms with E-state index in [0.717, 1.165) is 33.6 Å². The first-order valence-corrected chi connectivity index (χ1v) is 19.2. The third-order valence-electron chi connectivity index (χ3n) is 11.2. The Balaban J connectivity index is 1.14. The maximum absolute atomic E-state index is 6.25. The van der Waals surface area contributed by atoms with E-state index in [2.05, 4.69) is 205 Å². The van der Waals surface area contributed by atoms with E-state index < -0.39 is 0 Å². The fourth-order valence-corrected chi connectivity index (χ4v) is 8.60. The predicted octanol–water partition coefficient (Wildman–Crippen LogP) is 15.5. The van der Waals surface area contributed by atoms with Crippen molar-refractivity contribution < 1.29 is 4.42 Å². The summed E-state index contributed by atoms with van der Waals surface area (Å²) in [7, 11) is 0. The number of hydrogen-bond donors (Lipinski definition) is 0. The molecule has 1 heterocycles. The Morgan fingerprint density at radius 2 is 0.929 bits per heavy atom. The summed E-state index contributed by atoms with van der Waals surface area (Å²) in [6.07, 6.45) is 0. The largest absolute Gasteiger partial charge is 0.456 e. The topological polar surface area (TPSA) is 16.4 Å². The molecule has 0 bridgehead atoms. The average molecular weight is 714 g/mol. The fourth-order valence-electron chi connectivity index (χ4n) is 8.60. The third kappa shape index (κ3) is 5.34.